The molecule has 64 valence electrons. The zero-order valence-electron chi connectivity index (χ0n) is 7.62. The van der Waals surface area contributed by atoms with Crippen LogP contribution in [-0.2, 0) is 6.42 Å². The summed E-state index contributed by atoms with van der Waals surface area (Å²) in [5, 5.41) is 0. The molecule has 0 amide bonds. The Morgan fingerprint density at radius 2 is 1.83 bits per heavy atom. The van der Waals surface area contributed by atoms with Crippen molar-refractivity contribution in [3.8, 4) is 0 Å². The van der Waals surface area contributed by atoms with Crippen LogP contribution < -0.4 is 5.73 Å². The Hall–Kier alpha value is -1.31. The zero-order chi connectivity index (χ0) is 8.97. The van der Waals surface area contributed by atoms with E-state index in [4.69, 9.17) is 5.73 Å². The molecule has 2 heteroatoms. The fourth-order valence-corrected chi connectivity index (χ4v) is 0.963. The predicted octanol–water partition coefficient (Wildman–Crippen LogP) is 0.858. The number of benzene rings is 1. The first-order valence-electron chi connectivity index (χ1n) is 4.02. The van der Waals surface area contributed by atoms with Crippen LogP contribution in [0.4, 0.5) is 0 Å². The van der Waals surface area contributed by atoms with Crippen LogP contribution in [0.2, 0.25) is 0 Å². The second kappa shape index (κ2) is 3.90. The number of hydrogen-bond donors (Lipinski definition) is 1. The summed E-state index contributed by atoms with van der Waals surface area (Å²) >= 11 is 0. The van der Waals surface area contributed by atoms with Crippen LogP contribution in [0, 0.1) is 0 Å². The summed E-state index contributed by atoms with van der Waals surface area (Å²) in [7, 11) is 3.91. The van der Waals surface area contributed by atoms with Gasteiger partial charge in [-0.3, -0.25) is 10.3 Å². The molecule has 0 bridgehead atoms. The third-order valence-electron chi connectivity index (χ3n) is 1.80. The van der Waals surface area contributed by atoms with Gasteiger partial charge in [0.2, 0.25) is 5.84 Å². The van der Waals surface area contributed by atoms with Gasteiger partial charge in [0.25, 0.3) is 0 Å². The van der Waals surface area contributed by atoms with Gasteiger partial charge in [0.15, 0.2) is 0 Å². The lowest BCUT2D eigenvalue weighted by Gasteiger charge is -1.98. The van der Waals surface area contributed by atoms with Crippen LogP contribution in [0.5, 0.6) is 0 Å². The maximum absolute atomic E-state index is 5.79. The summed E-state index contributed by atoms with van der Waals surface area (Å²) in [5.41, 5.74) is 7.04. The van der Waals surface area contributed by atoms with E-state index in [0.29, 0.717) is 0 Å². The highest BCUT2D eigenvalue weighted by atomic mass is 15.0. The second-order valence-electron chi connectivity index (χ2n) is 3.05. The molecule has 12 heavy (non-hydrogen) atoms. The second-order valence-corrected chi connectivity index (χ2v) is 3.05. The van der Waals surface area contributed by atoms with Crippen LogP contribution >= 0.6 is 0 Å². The number of amidine groups is 1. The number of hydrogen-bond acceptors (Lipinski definition) is 0. The van der Waals surface area contributed by atoms with E-state index in [1.807, 2.05) is 36.9 Å². The van der Waals surface area contributed by atoms with Gasteiger partial charge in [0.1, 0.15) is 0 Å². The van der Waals surface area contributed by atoms with E-state index in [0.717, 1.165) is 12.3 Å². The first-order valence-corrected chi connectivity index (χ1v) is 4.02. The first-order chi connectivity index (χ1) is 5.70. The highest BCUT2D eigenvalue weighted by molar-refractivity contribution is 5.77. The summed E-state index contributed by atoms with van der Waals surface area (Å²) in [5.74, 6) is 0.890. The molecule has 2 N–H and O–H groups in total. The predicted molar refractivity (Wildman–Crippen MR) is 51.4 cm³/mol. The van der Waals surface area contributed by atoms with Crippen molar-refractivity contribution in [2.75, 3.05) is 14.1 Å². The van der Waals surface area contributed by atoms with Crippen LogP contribution in [-0.4, -0.2) is 24.5 Å². The maximum Gasteiger partial charge on any atom is 0.246 e. The van der Waals surface area contributed by atoms with Crippen molar-refractivity contribution in [3.05, 3.63) is 35.9 Å². The van der Waals surface area contributed by atoms with Crippen molar-refractivity contribution in [1.82, 2.24) is 0 Å². The van der Waals surface area contributed by atoms with Crippen molar-refractivity contribution in [2.24, 2.45) is 5.73 Å². The van der Waals surface area contributed by atoms with Gasteiger partial charge in [-0.05, 0) is 5.56 Å². The molecule has 2 nitrogen and oxygen atoms in total. The molecule has 1 aromatic rings. The van der Waals surface area contributed by atoms with Gasteiger partial charge in [-0.15, -0.1) is 0 Å². The summed E-state index contributed by atoms with van der Waals surface area (Å²) in [6.45, 7) is 0. The summed E-state index contributed by atoms with van der Waals surface area (Å²) in [4.78, 5) is 0. The lowest BCUT2D eigenvalue weighted by Crippen LogP contribution is -2.25. The third-order valence-corrected chi connectivity index (χ3v) is 1.80. The highest BCUT2D eigenvalue weighted by Crippen LogP contribution is 1.98. The van der Waals surface area contributed by atoms with Crippen LogP contribution in [0.15, 0.2) is 30.3 Å². The van der Waals surface area contributed by atoms with E-state index in [-0.39, 0.29) is 0 Å². The summed E-state index contributed by atoms with van der Waals surface area (Å²) in [6.07, 6.45) is 0.827. The molecule has 0 atom stereocenters. The quantitative estimate of drug-likeness (QED) is 0.391. The molecule has 0 aliphatic rings. The molecule has 0 aromatic heterocycles. The van der Waals surface area contributed by atoms with Crippen molar-refractivity contribution in [1.29, 1.82) is 0 Å². The molecule has 1 aromatic carbocycles. The number of nitrogens with zero attached hydrogens (tertiary/aromatic N) is 1. The maximum atomic E-state index is 5.79. The van der Waals surface area contributed by atoms with Crippen LogP contribution in [0.3, 0.4) is 0 Å². The summed E-state index contributed by atoms with van der Waals surface area (Å²) in [6, 6.07) is 10.2. The van der Waals surface area contributed by atoms with E-state index >= 15 is 0 Å². The fraction of sp³-hybridized carbons (Fsp3) is 0.300. The standard InChI is InChI=1S/C10H14N2/c1-12(2)10(11)8-9-6-4-3-5-7-9/h3-7,11H,8H2,1-2H3/p+1. The van der Waals surface area contributed by atoms with Gasteiger partial charge in [0.05, 0.1) is 20.5 Å². The van der Waals surface area contributed by atoms with Crippen LogP contribution in [0.1, 0.15) is 5.56 Å². The Kier molecular flexibility index (Phi) is 2.86. The highest BCUT2D eigenvalue weighted by Gasteiger charge is 2.01. The zero-order valence-corrected chi connectivity index (χ0v) is 7.62. The van der Waals surface area contributed by atoms with Crippen molar-refractivity contribution < 1.29 is 4.58 Å². The topological polar surface area (TPSA) is 29.0 Å². The SMILES string of the molecule is C[N+](C)=C(N)Cc1ccccc1. The molecular weight excluding hydrogens is 148 g/mol. The Balaban J connectivity index is 2.72. The number of rotatable bonds is 2. The van der Waals surface area contributed by atoms with Gasteiger partial charge in [-0.25, -0.2) is 0 Å². The van der Waals surface area contributed by atoms with E-state index in [9.17, 15) is 0 Å². The molecule has 0 fully saturated rings. The third kappa shape index (κ3) is 2.38. The summed E-state index contributed by atoms with van der Waals surface area (Å²) < 4.78 is 1.94. The molecule has 0 aliphatic carbocycles. The van der Waals surface area contributed by atoms with Crippen molar-refractivity contribution in [3.63, 3.8) is 0 Å². The van der Waals surface area contributed by atoms with Gasteiger partial charge in [0, 0.05) is 0 Å². The monoisotopic (exact) mass is 163 g/mol. The molecule has 0 unspecified atom stereocenters. The van der Waals surface area contributed by atoms with E-state index < -0.39 is 0 Å². The Labute approximate surface area is 73.3 Å². The van der Waals surface area contributed by atoms with E-state index in [1.165, 1.54) is 5.56 Å². The Morgan fingerprint density at radius 1 is 1.25 bits per heavy atom. The Bertz CT molecular complexity index is 271. The molecule has 0 spiro atoms. The van der Waals surface area contributed by atoms with Gasteiger partial charge < -0.3 is 0 Å². The molecule has 0 aliphatic heterocycles. The number of nitrogens with two attached hydrogens (primary N) is 1. The van der Waals surface area contributed by atoms with Gasteiger partial charge >= 0.3 is 0 Å². The first kappa shape index (κ1) is 8.78. The van der Waals surface area contributed by atoms with Crippen molar-refractivity contribution in [2.45, 2.75) is 6.42 Å². The minimum absolute atomic E-state index is 0.827. The molecule has 0 radical (unpaired) electrons. The largest absolute Gasteiger partial charge is 0.291 e. The molecule has 0 saturated heterocycles. The smallest absolute Gasteiger partial charge is 0.246 e. The average molecular weight is 163 g/mol. The normalized spacial score (nSPS) is 9.50. The fourth-order valence-electron chi connectivity index (χ4n) is 0.963. The van der Waals surface area contributed by atoms with Crippen LogP contribution in [0.25, 0.3) is 0 Å². The minimum Gasteiger partial charge on any atom is -0.291 e. The van der Waals surface area contributed by atoms with E-state index in [1.54, 1.807) is 0 Å². The van der Waals surface area contributed by atoms with Gasteiger partial charge in [-0.2, -0.15) is 0 Å². The lowest BCUT2D eigenvalue weighted by molar-refractivity contribution is -0.466. The lowest BCUT2D eigenvalue weighted by atomic mass is 10.1. The average Bonchev–Trinajstić information content (AvgIpc) is 2.06. The minimum atomic E-state index is 0.827. The molecule has 0 saturated carbocycles. The Morgan fingerprint density at radius 3 is 2.33 bits per heavy atom. The molecule has 1 rings (SSSR count). The van der Waals surface area contributed by atoms with Crippen molar-refractivity contribution >= 4 is 5.84 Å². The molecule has 0 heterocycles. The molecular formula is C10H15N2+. The van der Waals surface area contributed by atoms with Gasteiger partial charge in [-0.1, -0.05) is 30.3 Å². The van der Waals surface area contributed by atoms with E-state index in [2.05, 4.69) is 12.1 Å².